The zero-order valence-corrected chi connectivity index (χ0v) is 14.1. The molecule has 0 radical (unpaired) electrons. The molecule has 0 saturated heterocycles. The van der Waals surface area contributed by atoms with Crippen LogP contribution in [0.4, 0.5) is 0 Å². The van der Waals surface area contributed by atoms with Crippen LogP contribution in [0, 0.1) is 0 Å². The molecule has 0 bridgehead atoms. The third-order valence-electron chi connectivity index (χ3n) is 3.25. The van der Waals surface area contributed by atoms with Crippen molar-refractivity contribution in [3.63, 3.8) is 0 Å². The van der Waals surface area contributed by atoms with E-state index < -0.39 is 0 Å². The summed E-state index contributed by atoms with van der Waals surface area (Å²) >= 11 is 3.50. The molecule has 0 aliphatic carbocycles. The molecule has 1 atom stereocenters. The van der Waals surface area contributed by atoms with Crippen LogP contribution >= 0.6 is 15.9 Å². The predicted octanol–water partition coefficient (Wildman–Crippen LogP) is 4.35. The van der Waals surface area contributed by atoms with E-state index in [2.05, 4.69) is 21.2 Å². The highest BCUT2D eigenvalue weighted by molar-refractivity contribution is 9.10. The summed E-state index contributed by atoms with van der Waals surface area (Å²) in [6, 6.07) is 15.3. The Morgan fingerprint density at radius 1 is 1.23 bits per heavy atom. The first-order chi connectivity index (χ1) is 10.6. The number of hydrogen-bond acceptors (Lipinski definition) is 2. The van der Waals surface area contributed by atoms with Crippen molar-refractivity contribution in [3.05, 3.63) is 70.2 Å². The lowest BCUT2D eigenvalue weighted by Crippen LogP contribution is -2.24. The van der Waals surface area contributed by atoms with Crippen LogP contribution in [-0.2, 0) is 4.79 Å². The van der Waals surface area contributed by atoms with Crippen LogP contribution in [0.5, 0.6) is 5.75 Å². The van der Waals surface area contributed by atoms with Gasteiger partial charge >= 0.3 is 0 Å². The molecule has 0 heterocycles. The fourth-order valence-electron chi connectivity index (χ4n) is 2.08. The van der Waals surface area contributed by atoms with Gasteiger partial charge in [-0.3, -0.25) is 4.79 Å². The SMILES string of the molecule is COc1cccc(/C=C/C(=O)NC(C)c2ccccc2Br)c1. The van der Waals surface area contributed by atoms with Gasteiger partial charge < -0.3 is 10.1 Å². The normalized spacial score (nSPS) is 12.1. The van der Waals surface area contributed by atoms with Gasteiger partial charge in [0.2, 0.25) is 5.91 Å². The minimum absolute atomic E-state index is 0.0713. The molecule has 2 rings (SSSR count). The van der Waals surface area contributed by atoms with E-state index in [1.165, 1.54) is 6.08 Å². The number of carbonyl (C=O) groups excluding carboxylic acids is 1. The first-order valence-electron chi connectivity index (χ1n) is 6.97. The number of ether oxygens (including phenoxy) is 1. The lowest BCUT2D eigenvalue weighted by molar-refractivity contribution is -0.117. The van der Waals surface area contributed by atoms with Gasteiger partial charge in [-0.2, -0.15) is 0 Å². The molecule has 0 saturated carbocycles. The summed E-state index contributed by atoms with van der Waals surface area (Å²) in [5.41, 5.74) is 1.97. The van der Waals surface area contributed by atoms with E-state index in [-0.39, 0.29) is 11.9 Å². The Morgan fingerprint density at radius 3 is 2.73 bits per heavy atom. The second-order valence-corrected chi connectivity index (χ2v) is 5.72. The van der Waals surface area contributed by atoms with Gasteiger partial charge in [-0.05, 0) is 42.3 Å². The average Bonchev–Trinajstić information content (AvgIpc) is 2.53. The highest BCUT2D eigenvalue weighted by atomic mass is 79.9. The number of methoxy groups -OCH3 is 1. The number of rotatable bonds is 5. The molecule has 0 aliphatic rings. The van der Waals surface area contributed by atoms with Gasteiger partial charge in [-0.15, -0.1) is 0 Å². The van der Waals surface area contributed by atoms with Crippen molar-refractivity contribution in [2.45, 2.75) is 13.0 Å². The zero-order valence-electron chi connectivity index (χ0n) is 12.5. The highest BCUT2D eigenvalue weighted by Crippen LogP contribution is 2.22. The van der Waals surface area contributed by atoms with Crippen LogP contribution in [0.25, 0.3) is 6.08 Å². The van der Waals surface area contributed by atoms with E-state index in [9.17, 15) is 4.79 Å². The van der Waals surface area contributed by atoms with Gasteiger partial charge in [0, 0.05) is 10.5 Å². The maximum absolute atomic E-state index is 12.0. The number of hydrogen-bond donors (Lipinski definition) is 1. The third-order valence-corrected chi connectivity index (χ3v) is 3.97. The van der Waals surface area contributed by atoms with Crippen LogP contribution in [0.1, 0.15) is 24.1 Å². The number of benzene rings is 2. The van der Waals surface area contributed by atoms with Crippen LogP contribution in [0.15, 0.2) is 59.1 Å². The minimum Gasteiger partial charge on any atom is -0.497 e. The van der Waals surface area contributed by atoms with E-state index in [0.29, 0.717) is 0 Å². The molecule has 1 amide bonds. The molecule has 0 fully saturated rings. The Morgan fingerprint density at radius 2 is 2.00 bits per heavy atom. The predicted molar refractivity (Wildman–Crippen MR) is 92.7 cm³/mol. The van der Waals surface area contributed by atoms with Crippen molar-refractivity contribution in [2.75, 3.05) is 7.11 Å². The summed E-state index contributed by atoms with van der Waals surface area (Å²) in [5.74, 6) is 0.634. The van der Waals surface area contributed by atoms with Crippen LogP contribution in [0.3, 0.4) is 0 Å². The zero-order chi connectivity index (χ0) is 15.9. The topological polar surface area (TPSA) is 38.3 Å². The van der Waals surface area contributed by atoms with E-state index in [1.54, 1.807) is 13.2 Å². The fourth-order valence-corrected chi connectivity index (χ4v) is 2.71. The molecule has 2 aromatic rings. The molecule has 4 heteroatoms. The monoisotopic (exact) mass is 359 g/mol. The quantitative estimate of drug-likeness (QED) is 0.806. The Bertz CT molecular complexity index is 682. The van der Waals surface area contributed by atoms with E-state index in [4.69, 9.17) is 4.74 Å². The van der Waals surface area contributed by atoms with E-state index in [0.717, 1.165) is 21.3 Å². The van der Waals surface area contributed by atoms with Gasteiger partial charge in [0.15, 0.2) is 0 Å². The summed E-state index contributed by atoms with van der Waals surface area (Å²) in [4.78, 5) is 12.0. The van der Waals surface area contributed by atoms with Gasteiger partial charge in [0.1, 0.15) is 5.75 Å². The van der Waals surface area contributed by atoms with Crippen molar-refractivity contribution < 1.29 is 9.53 Å². The Balaban J connectivity index is 2.00. The van der Waals surface area contributed by atoms with Crippen molar-refractivity contribution in [2.24, 2.45) is 0 Å². The molecule has 0 aliphatic heterocycles. The number of halogens is 1. The third kappa shape index (κ3) is 4.46. The summed E-state index contributed by atoms with van der Waals surface area (Å²) < 4.78 is 6.14. The number of amides is 1. The van der Waals surface area contributed by atoms with E-state index >= 15 is 0 Å². The summed E-state index contributed by atoms with van der Waals surface area (Å²) in [6.45, 7) is 1.96. The van der Waals surface area contributed by atoms with Gasteiger partial charge in [-0.25, -0.2) is 0 Å². The lowest BCUT2D eigenvalue weighted by Gasteiger charge is -2.14. The molecule has 3 nitrogen and oxygen atoms in total. The molecular formula is C18H18BrNO2. The van der Waals surface area contributed by atoms with Crippen molar-refractivity contribution in [1.82, 2.24) is 5.32 Å². The molecule has 0 aromatic heterocycles. The van der Waals surface area contributed by atoms with Crippen LogP contribution in [-0.4, -0.2) is 13.0 Å². The second-order valence-electron chi connectivity index (χ2n) is 4.86. The van der Waals surface area contributed by atoms with Crippen molar-refractivity contribution >= 4 is 27.9 Å². The molecule has 114 valence electrons. The standard InChI is InChI=1S/C18H18BrNO2/c1-13(16-8-3-4-9-17(16)19)20-18(21)11-10-14-6-5-7-15(12-14)22-2/h3-13H,1-2H3,(H,20,21)/b11-10+. The van der Waals surface area contributed by atoms with Gasteiger partial charge in [0.05, 0.1) is 13.2 Å². The van der Waals surface area contributed by atoms with Crippen LogP contribution in [0.2, 0.25) is 0 Å². The smallest absolute Gasteiger partial charge is 0.244 e. The lowest BCUT2D eigenvalue weighted by atomic mass is 10.1. The molecule has 22 heavy (non-hydrogen) atoms. The molecule has 2 aromatic carbocycles. The minimum atomic E-state index is -0.133. The Labute approximate surface area is 139 Å². The molecule has 0 spiro atoms. The number of nitrogens with one attached hydrogen (secondary N) is 1. The van der Waals surface area contributed by atoms with Crippen molar-refractivity contribution in [1.29, 1.82) is 0 Å². The molecular weight excluding hydrogens is 342 g/mol. The molecule has 1 unspecified atom stereocenters. The van der Waals surface area contributed by atoms with Gasteiger partial charge in [0.25, 0.3) is 0 Å². The first-order valence-corrected chi connectivity index (χ1v) is 7.76. The number of carbonyl (C=O) groups is 1. The fraction of sp³-hybridized carbons (Fsp3) is 0.167. The Hall–Kier alpha value is -2.07. The molecule has 1 N–H and O–H groups in total. The maximum Gasteiger partial charge on any atom is 0.244 e. The largest absolute Gasteiger partial charge is 0.497 e. The summed E-state index contributed by atoms with van der Waals surface area (Å²) in [7, 11) is 1.62. The highest BCUT2D eigenvalue weighted by Gasteiger charge is 2.10. The summed E-state index contributed by atoms with van der Waals surface area (Å²) in [5, 5.41) is 2.95. The summed E-state index contributed by atoms with van der Waals surface area (Å²) in [6.07, 6.45) is 3.30. The first kappa shape index (κ1) is 16.3. The van der Waals surface area contributed by atoms with E-state index in [1.807, 2.05) is 55.5 Å². The van der Waals surface area contributed by atoms with Crippen LogP contribution < -0.4 is 10.1 Å². The Kier molecular flexibility index (Phi) is 5.78. The maximum atomic E-state index is 12.0. The average molecular weight is 360 g/mol. The van der Waals surface area contributed by atoms with Gasteiger partial charge in [-0.1, -0.05) is 46.3 Å². The van der Waals surface area contributed by atoms with Crippen molar-refractivity contribution in [3.8, 4) is 5.75 Å². The second kappa shape index (κ2) is 7.80.